The Morgan fingerprint density at radius 2 is 2.31 bits per heavy atom. The van der Waals surface area contributed by atoms with Gasteiger partial charge in [-0.2, -0.15) is 5.26 Å². The van der Waals surface area contributed by atoms with Crippen molar-refractivity contribution in [2.75, 3.05) is 6.61 Å². The van der Waals surface area contributed by atoms with E-state index in [1.807, 2.05) is 0 Å². The third kappa shape index (κ3) is 2.26. The van der Waals surface area contributed by atoms with Crippen molar-refractivity contribution in [3.8, 4) is 6.07 Å². The van der Waals surface area contributed by atoms with Gasteiger partial charge in [-0.1, -0.05) is 6.07 Å². The fraction of sp³-hybridized carbons (Fsp3) is 0.417. The Morgan fingerprint density at radius 3 is 3.00 bits per heavy atom. The van der Waals surface area contributed by atoms with Crippen molar-refractivity contribution >= 4 is 15.9 Å². The molecule has 2 rings (SSSR count). The minimum atomic E-state index is -0.316. The number of rotatable bonds is 1. The van der Waals surface area contributed by atoms with Crippen molar-refractivity contribution in [1.29, 1.82) is 5.26 Å². The van der Waals surface area contributed by atoms with Crippen molar-refractivity contribution in [2.24, 2.45) is 5.92 Å². The number of nitriles is 1. The topological polar surface area (TPSA) is 33.0 Å². The summed E-state index contributed by atoms with van der Waals surface area (Å²) in [4.78, 5) is 0. The average molecular weight is 284 g/mol. The van der Waals surface area contributed by atoms with Gasteiger partial charge in [0.25, 0.3) is 0 Å². The summed E-state index contributed by atoms with van der Waals surface area (Å²) < 4.78 is 19.4. The SMILES string of the molecule is N#CC1CCCOC1c1ccc(Br)c(F)c1. The fourth-order valence-electron chi connectivity index (χ4n) is 1.93. The van der Waals surface area contributed by atoms with Gasteiger partial charge in [-0.15, -0.1) is 0 Å². The van der Waals surface area contributed by atoms with Gasteiger partial charge in [0.1, 0.15) is 5.82 Å². The smallest absolute Gasteiger partial charge is 0.137 e. The number of benzene rings is 1. The van der Waals surface area contributed by atoms with E-state index < -0.39 is 0 Å². The standard InChI is InChI=1S/C12H11BrFNO/c13-10-4-3-8(6-11(10)14)12-9(7-15)2-1-5-16-12/h3-4,6,9,12H,1-2,5H2. The van der Waals surface area contributed by atoms with Crippen molar-refractivity contribution in [3.05, 3.63) is 34.1 Å². The highest BCUT2D eigenvalue weighted by Crippen LogP contribution is 2.34. The Balaban J connectivity index is 2.28. The highest BCUT2D eigenvalue weighted by atomic mass is 79.9. The molecule has 84 valence electrons. The van der Waals surface area contributed by atoms with Crippen molar-refractivity contribution < 1.29 is 9.13 Å². The normalized spacial score (nSPS) is 25.1. The molecule has 0 aromatic heterocycles. The lowest BCUT2D eigenvalue weighted by Gasteiger charge is -2.27. The minimum absolute atomic E-state index is 0.172. The van der Waals surface area contributed by atoms with Crippen LogP contribution >= 0.6 is 15.9 Å². The maximum atomic E-state index is 13.4. The van der Waals surface area contributed by atoms with Crippen LogP contribution in [0.15, 0.2) is 22.7 Å². The first kappa shape index (κ1) is 11.6. The fourth-order valence-corrected chi connectivity index (χ4v) is 2.18. The van der Waals surface area contributed by atoms with Gasteiger partial charge < -0.3 is 4.74 Å². The van der Waals surface area contributed by atoms with Gasteiger partial charge in [0.2, 0.25) is 0 Å². The molecule has 0 saturated carbocycles. The van der Waals surface area contributed by atoms with Crippen molar-refractivity contribution in [1.82, 2.24) is 0 Å². The lowest BCUT2D eigenvalue weighted by atomic mass is 9.91. The lowest BCUT2D eigenvalue weighted by Crippen LogP contribution is -2.21. The first-order valence-corrected chi connectivity index (χ1v) is 5.98. The summed E-state index contributed by atoms with van der Waals surface area (Å²) in [7, 11) is 0. The number of halogens is 2. The van der Waals surface area contributed by atoms with Crippen LogP contribution in [0.1, 0.15) is 24.5 Å². The summed E-state index contributed by atoms with van der Waals surface area (Å²) in [5.41, 5.74) is 0.743. The second-order valence-electron chi connectivity index (χ2n) is 3.84. The molecule has 1 aliphatic rings. The van der Waals surface area contributed by atoms with Crippen LogP contribution < -0.4 is 0 Å². The summed E-state index contributed by atoms with van der Waals surface area (Å²) in [6.45, 7) is 0.639. The molecule has 1 saturated heterocycles. The van der Waals surface area contributed by atoms with E-state index in [1.54, 1.807) is 12.1 Å². The van der Waals surface area contributed by atoms with Crippen molar-refractivity contribution in [3.63, 3.8) is 0 Å². The zero-order valence-electron chi connectivity index (χ0n) is 8.62. The van der Waals surface area contributed by atoms with E-state index in [0.29, 0.717) is 11.1 Å². The maximum absolute atomic E-state index is 13.4. The van der Waals surface area contributed by atoms with Crippen LogP contribution in [0.25, 0.3) is 0 Å². The van der Waals surface area contributed by atoms with Crippen LogP contribution in [0, 0.1) is 23.1 Å². The van der Waals surface area contributed by atoms with Crippen LogP contribution in [-0.4, -0.2) is 6.61 Å². The van der Waals surface area contributed by atoms with Gasteiger partial charge in [-0.25, -0.2) is 4.39 Å². The predicted octanol–water partition coefficient (Wildman–Crippen LogP) is 3.58. The molecular formula is C12H11BrFNO. The molecule has 1 heterocycles. The Labute approximate surface area is 102 Å². The molecule has 0 radical (unpaired) electrons. The van der Waals surface area contributed by atoms with E-state index in [0.717, 1.165) is 18.4 Å². The maximum Gasteiger partial charge on any atom is 0.137 e. The number of hydrogen-bond acceptors (Lipinski definition) is 2. The van der Waals surface area contributed by atoms with E-state index in [4.69, 9.17) is 10.00 Å². The van der Waals surface area contributed by atoms with Crippen LogP contribution in [0.4, 0.5) is 4.39 Å². The molecule has 0 bridgehead atoms. The second-order valence-corrected chi connectivity index (χ2v) is 4.70. The predicted molar refractivity (Wildman–Crippen MR) is 61.1 cm³/mol. The van der Waals surface area contributed by atoms with Gasteiger partial charge in [0.05, 0.1) is 22.6 Å². The Kier molecular flexibility index (Phi) is 3.57. The Hall–Kier alpha value is -0.920. The third-order valence-corrected chi connectivity index (χ3v) is 3.40. The van der Waals surface area contributed by atoms with E-state index in [2.05, 4.69) is 22.0 Å². The molecule has 16 heavy (non-hydrogen) atoms. The molecule has 2 nitrogen and oxygen atoms in total. The molecule has 0 amide bonds. The quantitative estimate of drug-likeness (QED) is 0.789. The van der Waals surface area contributed by atoms with E-state index in [-0.39, 0.29) is 17.8 Å². The molecule has 1 aromatic carbocycles. The number of nitrogens with zero attached hydrogens (tertiary/aromatic N) is 1. The lowest BCUT2D eigenvalue weighted by molar-refractivity contribution is -0.0103. The van der Waals surface area contributed by atoms with Crippen molar-refractivity contribution in [2.45, 2.75) is 18.9 Å². The van der Waals surface area contributed by atoms with Crippen LogP contribution in [0.5, 0.6) is 0 Å². The monoisotopic (exact) mass is 283 g/mol. The highest BCUT2D eigenvalue weighted by Gasteiger charge is 2.27. The van der Waals surface area contributed by atoms with E-state index >= 15 is 0 Å². The molecule has 0 aliphatic carbocycles. The molecule has 2 unspecified atom stereocenters. The molecule has 2 atom stereocenters. The summed E-state index contributed by atoms with van der Waals surface area (Å²) in [5, 5.41) is 9.01. The molecule has 1 fully saturated rings. The average Bonchev–Trinajstić information content (AvgIpc) is 2.32. The van der Waals surface area contributed by atoms with Crippen LogP contribution in [0.3, 0.4) is 0 Å². The minimum Gasteiger partial charge on any atom is -0.372 e. The molecule has 4 heteroatoms. The van der Waals surface area contributed by atoms with Gasteiger partial charge >= 0.3 is 0 Å². The highest BCUT2D eigenvalue weighted by molar-refractivity contribution is 9.10. The van der Waals surface area contributed by atoms with E-state index in [1.165, 1.54) is 6.07 Å². The Morgan fingerprint density at radius 1 is 1.50 bits per heavy atom. The molecule has 1 aliphatic heterocycles. The van der Waals surface area contributed by atoms with Gasteiger partial charge in [-0.05, 0) is 46.5 Å². The largest absolute Gasteiger partial charge is 0.372 e. The van der Waals surface area contributed by atoms with E-state index in [9.17, 15) is 4.39 Å². The molecular weight excluding hydrogens is 273 g/mol. The zero-order chi connectivity index (χ0) is 11.5. The zero-order valence-corrected chi connectivity index (χ0v) is 10.2. The van der Waals surface area contributed by atoms with Gasteiger partial charge in [0.15, 0.2) is 0 Å². The Bertz CT molecular complexity index is 430. The van der Waals surface area contributed by atoms with Crippen LogP contribution in [0.2, 0.25) is 0 Å². The van der Waals surface area contributed by atoms with Crippen LogP contribution in [-0.2, 0) is 4.74 Å². The van der Waals surface area contributed by atoms with Gasteiger partial charge in [0, 0.05) is 6.61 Å². The summed E-state index contributed by atoms with van der Waals surface area (Å²) in [5.74, 6) is -0.488. The second kappa shape index (κ2) is 4.94. The summed E-state index contributed by atoms with van der Waals surface area (Å²) in [6, 6.07) is 7.11. The summed E-state index contributed by atoms with van der Waals surface area (Å²) in [6.07, 6.45) is 1.42. The molecule has 1 aromatic rings. The first-order valence-electron chi connectivity index (χ1n) is 5.18. The first-order chi connectivity index (χ1) is 7.72. The number of hydrogen-bond donors (Lipinski definition) is 0. The number of ether oxygens (including phenoxy) is 1. The molecule has 0 spiro atoms. The summed E-state index contributed by atoms with van der Waals surface area (Å²) >= 11 is 3.10. The van der Waals surface area contributed by atoms with Gasteiger partial charge in [-0.3, -0.25) is 0 Å². The third-order valence-electron chi connectivity index (χ3n) is 2.76. The molecule has 0 N–H and O–H groups in total.